The van der Waals surface area contributed by atoms with E-state index in [1.54, 1.807) is 27.0 Å². The molecule has 1 aliphatic carbocycles. The van der Waals surface area contributed by atoms with Gasteiger partial charge < -0.3 is 19.1 Å². The summed E-state index contributed by atoms with van der Waals surface area (Å²) in [5.41, 5.74) is 4.80. The van der Waals surface area contributed by atoms with Gasteiger partial charge in [0.1, 0.15) is 5.75 Å². The van der Waals surface area contributed by atoms with Gasteiger partial charge >= 0.3 is 10.2 Å². The molecule has 2 bridgehead atoms. The van der Waals surface area contributed by atoms with Gasteiger partial charge in [0, 0.05) is 66.8 Å². The first kappa shape index (κ1) is 35.4. The van der Waals surface area contributed by atoms with Crippen LogP contribution in [0.25, 0.3) is 22.2 Å². The average molecular weight is 692 g/mol. The summed E-state index contributed by atoms with van der Waals surface area (Å²) >= 11 is 0. The summed E-state index contributed by atoms with van der Waals surface area (Å²) in [5.74, 6) is 0.581. The second-order valence-electron chi connectivity index (χ2n) is 15.0. The van der Waals surface area contributed by atoms with Gasteiger partial charge in [0.2, 0.25) is 5.91 Å². The van der Waals surface area contributed by atoms with Gasteiger partial charge in [0.15, 0.2) is 0 Å². The van der Waals surface area contributed by atoms with Gasteiger partial charge in [0.25, 0.3) is 5.91 Å². The fraction of sp³-hybridized carbons (Fsp3) is 0.579. The number of amides is 2. The number of rotatable bonds is 11. The van der Waals surface area contributed by atoms with Crippen molar-refractivity contribution in [2.45, 2.75) is 97.7 Å². The van der Waals surface area contributed by atoms with Crippen LogP contribution < -0.4 is 9.46 Å². The Kier molecular flexibility index (Phi) is 9.92. The fourth-order valence-corrected chi connectivity index (χ4v) is 9.74. The number of carbonyl (C=O) groups excluding carboxylic acids is 2. The van der Waals surface area contributed by atoms with Crippen LogP contribution >= 0.6 is 0 Å². The Morgan fingerprint density at radius 2 is 1.67 bits per heavy atom. The molecule has 6 rings (SSSR count). The lowest BCUT2D eigenvalue weighted by atomic mass is 9.81. The second kappa shape index (κ2) is 13.7. The highest BCUT2D eigenvalue weighted by atomic mass is 32.2. The molecule has 1 N–H and O–H groups in total. The summed E-state index contributed by atoms with van der Waals surface area (Å²) in [5, 5.41) is 1.05. The third-order valence-electron chi connectivity index (χ3n) is 11.1. The molecule has 3 aliphatic rings. The zero-order chi connectivity index (χ0) is 35.2. The molecule has 3 aromatic rings. The van der Waals surface area contributed by atoms with Gasteiger partial charge in [-0.15, -0.1) is 0 Å². The zero-order valence-corrected chi connectivity index (χ0v) is 31.0. The second-order valence-corrected chi connectivity index (χ2v) is 16.6. The van der Waals surface area contributed by atoms with Crippen molar-refractivity contribution in [2.75, 3.05) is 40.3 Å². The van der Waals surface area contributed by atoms with Gasteiger partial charge in [-0.1, -0.05) is 39.2 Å². The first-order valence-electron chi connectivity index (χ1n) is 17.9. The summed E-state index contributed by atoms with van der Waals surface area (Å²) in [7, 11) is -0.215. The molecule has 0 spiro atoms. The molecule has 3 heterocycles. The van der Waals surface area contributed by atoms with E-state index in [2.05, 4.69) is 39.1 Å². The van der Waals surface area contributed by atoms with Crippen LogP contribution in [0.1, 0.15) is 93.6 Å². The van der Waals surface area contributed by atoms with Gasteiger partial charge in [-0.25, -0.2) is 4.72 Å². The highest BCUT2D eigenvalue weighted by Gasteiger charge is 2.50. The van der Waals surface area contributed by atoms with Crippen molar-refractivity contribution >= 4 is 32.9 Å². The molecule has 2 aliphatic heterocycles. The topological polar surface area (TPSA) is 104 Å². The summed E-state index contributed by atoms with van der Waals surface area (Å²) in [4.78, 5) is 32.4. The molecule has 266 valence electrons. The molecule has 10 nitrogen and oxygen atoms in total. The minimum Gasteiger partial charge on any atom is -0.497 e. The van der Waals surface area contributed by atoms with Gasteiger partial charge in [-0.3, -0.25) is 9.59 Å². The van der Waals surface area contributed by atoms with Crippen molar-refractivity contribution in [2.24, 2.45) is 5.41 Å². The summed E-state index contributed by atoms with van der Waals surface area (Å²) < 4.78 is 37.4. The monoisotopic (exact) mass is 691 g/mol. The highest BCUT2D eigenvalue weighted by Crippen LogP contribution is 2.47. The minimum absolute atomic E-state index is 0.152. The summed E-state index contributed by atoms with van der Waals surface area (Å²) in [6.45, 7) is 12.4. The van der Waals surface area contributed by atoms with Crippen LogP contribution in [0, 0.1) is 12.3 Å². The number of ether oxygens (including phenoxy) is 1. The van der Waals surface area contributed by atoms with Crippen LogP contribution in [-0.2, 0) is 21.5 Å². The largest absolute Gasteiger partial charge is 0.497 e. The number of piperazine rings is 1. The first-order chi connectivity index (χ1) is 23.3. The number of likely N-dealkylation sites (tertiary alicyclic amines) is 2. The van der Waals surface area contributed by atoms with Crippen molar-refractivity contribution in [3.63, 3.8) is 0 Å². The molecular weight excluding hydrogens is 639 g/mol. The molecule has 2 atom stereocenters. The number of nitrogens with zero attached hydrogens (tertiary/aromatic N) is 4. The maximum atomic E-state index is 14.4. The summed E-state index contributed by atoms with van der Waals surface area (Å²) in [6, 6.07) is 12.2. The maximum Gasteiger partial charge on any atom is 0.304 e. The van der Waals surface area contributed by atoms with Gasteiger partial charge in [-0.2, -0.15) is 12.7 Å². The molecule has 1 saturated carbocycles. The molecule has 2 aromatic carbocycles. The molecule has 11 heteroatoms. The van der Waals surface area contributed by atoms with Crippen LogP contribution in [0.2, 0.25) is 0 Å². The number of nitrogens with one attached hydrogen (secondary N) is 1. The number of aryl methyl sites for hydroxylation is 1. The lowest BCUT2D eigenvalue weighted by Crippen LogP contribution is -2.71. The zero-order valence-electron chi connectivity index (χ0n) is 30.2. The normalized spacial score (nSPS) is 20.4. The third-order valence-corrected chi connectivity index (χ3v) is 12.7. The Bertz CT molecular complexity index is 1830. The van der Waals surface area contributed by atoms with Crippen LogP contribution in [-0.4, -0.2) is 91.3 Å². The van der Waals surface area contributed by atoms with E-state index in [1.807, 2.05) is 38.1 Å². The van der Waals surface area contributed by atoms with Crippen LogP contribution in [0.15, 0.2) is 36.4 Å². The number of hydrogen-bond donors (Lipinski definition) is 1. The Morgan fingerprint density at radius 1 is 1.00 bits per heavy atom. The number of likely N-dealkylation sites (N-methyl/N-ethyl adjacent to an activating group) is 1. The molecule has 0 radical (unpaired) electrons. The van der Waals surface area contributed by atoms with Crippen molar-refractivity contribution in [3.8, 4) is 17.0 Å². The summed E-state index contributed by atoms with van der Waals surface area (Å²) in [6.07, 6.45) is 6.70. The van der Waals surface area contributed by atoms with E-state index in [1.165, 1.54) is 16.3 Å². The predicted molar refractivity (Wildman–Crippen MR) is 194 cm³/mol. The Morgan fingerprint density at radius 3 is 2.29 bits per heavy atom. The molecule has 3 fully saturated rings. The maximum absolute atomic E-state index is 14.4. The fourth-order valence-electron chi connectivity index (χ4n) is 8.57. The Balaban J connectivity index is 1.52. The Hall–Kier alpha value is -3.41. The van der Waals surface area contributed by atoms with Crippen molar-refractivity contribution in [1.82, 2.24) is 23.4 Å². The number of benzene rings is 2. The standard InChI is InChI=1S/C38H53N5O5S/c1-8-41(9-2)49(46,47)39-36(44)27-15-17-32-33(20-27)42(24-38(4,5)37(45)43-28-21-29(43)23-40(6)22-28)35(34(32)26-13-11-10-12-14-26)31-18-16-30(48-7)19-25(31)3/h15-20,26,28-29H,8-14,21-24H2,1-7H3,(H,39,44). The lowest BCUT2D eigenvalue weighted by molar-refractivity contribution is -0.163. The third kappa shape index (κ3) is 6.61. The van der Waals surface area contributed by atoms with Crippen LogP contribution in [0.3, 0.4) is 0 Å². The number of carbonyl (C=O) groups is 2. The van der Waals surface area contributed by atoms with E-state index in [-0.39, 0.29) is 36.6 Å². The SMILES string of the molecule is CCN(CC)S(=O)(=O)NC(=O)c1ccc2c(C3CCCCC3)c(-c3ccc(OC)cc3C)n(CC(C)(C)C(=O)N3C4CC3CN(C)C4)c2c1. The number of hydrogen-bond acceptors (Lipinski definition) is 6. The van der Waals surface area contributed by atoms with E-state index < -0.39 is 21.5 Å². The van der Waals surface area contributed by atoms with E-state index >= 15 is 0 Å². The van der Waals surface area contributed by atoms with Crippen molar-refractivity contribution < 1.29 is 22.7 Å². The highest BCUT2D eigenvalue weighted by molar-refractivity contribution is 7.87. The first-order valence-corrected chi connectivity index (χ1v) is 19.4. The average Bonchev–Trinajstić information content (AvgIpc) is 3.37. The number of fused-ring (bicyclic) bond motifs is 3. The number of aromatic nitrogens is 1. The number of piperidine rings is 1. The predicted octanol–water partition coefficient (Wildman–Crippen LogP) is 5.93. The molecule has 49 heavy (non-hydrogen) atoms. The number of methoxy groups -OCH3 is 1. The molecule has 1 aromatic heterocycles. The van der Waals surface area contributed by atoms with Gasteiger partial charge in [0.05, 0.1) is 18.2 Å². The molecule has 2 unspecified atom stereocenters. The quantitative estimate of drug-likeness (QED) is 0.268. The van der Waals surface area contributed by atoms with Crippen LogP contribution in [0.4, 0.5) is 0 Å². The van der Waals surface area contributed by atoms with E-state index in [0.717, 1.165) is 78.7 Å². The van der Waals surface area contributed by atoms with E-state index in [4.69, 9.17) is 4.74 Å². The van der Waals surface area contributed by atoms with Crippen LogP contribution in [0.5, 0.6) is 5.75 Å². The van der Waals surface area contributed by atoms with E-state index in [0.29, 0.717) is 12.5 Å². The van der Waals surface area contributed by atoms with E-state index in [9.17, 15) is 18.0 Å². The van der Waals surface area contributed by atoms with Crippen molar-refractivity contribution in [1.29, 1.82) is 0 Å². The smallest absolute Gasteiger partial charge is 0.304 e. The minimum atomic E-state index is -4.00. The Labute approximate surface area is 291 Å². The molecule has 2 saturated heterocycles. The molecule has 2 amide bonds. The lowest BCUT2D eigenvalue weighted by Gasteiger charge is -2.57. The van der Waals surface area contributed by atoms with Gasteiger partial charge in [-0.05, 0) is 94.5 Å². The van der Waals surface area contributed by atoms with Crippen molar-refractivity contribution in [3.05, 3.63) is 53.1 Å². The molecular formula is C38H53N5O5S.